The van der Waals surface area contributed by atoms with Crippen LogP contribution in [0.4, 0.5) is 0 Å². The van der Waals surface area contributed by atoms with E-state index in [1.54, 1.807) is 19.2 Å². The van der Waals surface area contributed by atoms with Crippen LogP contribution in [0, 0.1) is 6.92 Å². The van der Waals surface area contributed by atoms with Crippen molar-refractivity contribution < 1.29 is 9.53 Å². The normalized spacial score (nSPS) is 11.1. The van der Waals surface area contributed by atoms with Crippen LogP contribution in [0.25, 0.3) is 0 Å². The molecule has 0 aliphatic heterocycles. The standard InChI is InChI=1S/C13H20N2O2/c1-9-5-6-11(17-4)10(7-9)12(16)15-8-13(2,3)14/h5-7H,8,14H2,1-4H3,(H,15,16). The predicted octanol–water partition coefficient (Wildman–Crippen LogP) is 1.47. The van der Waals surface area contributed by atoms with Gasteiger partial charge in [0.1, 0.15) is 5.75 Å². The molecule has 0 radical (unpaired) electrons. The van der Waals surface area contributed by atoms with Crippen molar-refractivity contribution in [3.05, 3.63) is 29.3 Å². The van der Waals surface area contributed by atoms with Crippen LogP contribution in [0.2, 0.25) is 0 Å². The van der Waals surface area contributed by atoms with Gasteiger partial charge in [0, 0.05) is 12.1 Å². The van der Waals surface area contributed by atoms with Gasteiger partial charge < -0.3 is 15.8 Å². The van der Waals surface area contributed by atoms with Gasteiger partial charge in [-0.15, -0.1) is 0 Å². The van der Waals surface area contributed by atoms with Crippen LogP contribution in [-0.2, 0) is 0 Å². The third kappa shape index (κ3) is 4.07. The Balaban J connectivity index is 2.84. The van der Waals surface area contributed by atoms with Gasteiger partial charge in [-0.05, 0) is 32.9 Å². The lowest BCUT2D eigenvalue weighted by atomic mass is 10.1. The zero-order valence-corrected chi connectivity index (χ0v) is 10.8. The van der Waals surface area contributed by atoms with E-state index in [0.717, 1.165) is 5.56 Å². The lowest BCUT2D eigenvalue weighted by molar-refractivity contribution is 0.0943. The van der Waals surface area contributed by atoms with Crippen LogP contribution in [0.3, 0.4) is 0 Å². The van der Waals surface area contributed by atoms with E-state index in [2.05, 4.69) is 5.32 Å². The molecule has 3 N–H and O–H groups in total. The summed E-state index contributed by atoms with van der Waals surface area (Å²) in [6.45, 7) is 6.08. The predicted molar refractivity (Wildman–Crippen MR) is 68.3 cm³/mol. The molecule has 4 heteroatoms. The average molecular weight is 236 g/mol. The van der Waals surface area contributed by atoms with Crippen molar-refractivity contribution in [2.75, 3.05) is 13.7 Å². The maximum Gasteiger partial charge on any atom is 0.255 e. The number of amides is 1. The van der Waals surface area contributed by atoms with Crippen molar-refractivity contribution in [2.45, 2.75) is 26.3 Å². The topological polar surface area (TPSA) is 64.3 Å². The molecule has 0 fully saturated rings. The smallest absolute Gasteiger partial charge is 0.255 e. The average Bonchev–Trinajstić information content (AvgIpc) is 2.25. The minimum atomic E-state index is -0.424. The number of nitrogens with one attached hydrogen (secondary N) is 1. The fraction of sp³-hybridized carbons (Fsp3) is 0.462. The number of ether oxygens (including phenoxy) is 1. The maximum atomic E-state index is 12.0. The van der Waals surface area contributed by atoms with Crippen molar-refractivity contribution in [1.82, 2.24) is 5.32 Å². The molecule has 17 heavy (non-hydrogen) atoms. The summed E-state index contributed by atoms with van der Waals surface area (Å²) in [5, 5.41) is 2.80. The number of nitrogens with two attached hydrogens (primary N) is 1. The molecular weight excluding hydrogens is 216 g/mol. The molecule has 0 bridgehead atoms. The molecule has 0 atom stereocenters. The van der Waals surface area contributed by atoms with Crippen LogP contribution in [0.15, 0.2) is 18.2 Å². The molecule has 0 unspecified atom stereocenters. The Morgan fingerprint density at radius 1 is 1.47 bits per heavy atom. The van der Waals surface area contributed by atoms with Crippen molar-refractivity contribution >= 4 is 5.91 Å². The Bertz CT molecular complexity index is 408. The van der Waals surface area contributed by atoms with Crippen LogP contribution in [-0.4, -0.2) is 25.1 Å². The van der Waals surface area contributed by atoms with E-state index in [9.17, 15) is 4.79 Å². The highest BCUT2D eigenvalue weighted by atomic mass is 16.5. The number of benzene rings is 1. The molecule has 1 aromatic rings. The first-order valence-corrected chi connectivity index (χ1v) is 5.55. The van der Waals surface area contributed by atoms with E-state index < -0.39 is 5.54 Å². The molecule has 94 valence electrons. The van der Waals surface area contributed by atoms with Gasteiger partial charge in [-0.3, -0.25) is 4.79 Å². The monoisotopic (exact) mass is 236 g/mol. The minimum absolute atomic E-state index is 0.163. The van der Waals surface area contributed by atoms with Gasteiger partial charge in [0.25, 0.3) is 5.91 Å². The summed E-state index contributed by atoms with van der Waals surface area (Å²) < 4.78 is 5.16. The molecule has 1 amide bonds. The number of hydrogen-bond donors (Lipinski definition) is 2. The molecule has 0 saturated carbocycles. The number of carbonyl (C=O) groups is 1. The van der Waals surface area contributed by atoms with E-state index in [-0.39, 0.29) is 5.91 Å². The van der Waals surface area contributed by atoms with Crippen molar-refractivity contribution in [1.29, 1.82) is 0 Å². The zero-order valence-electron chi connectivity index (χ0n) is 10.8. The van der Waals surface area contributed by atoms with Gasteiger partial charge in [0.15, 0.2) is 0 Å². The van der Waals surface area contributed by atoms with Crippen molar-refractivity contribution in [3.63, 3.8) is 0 Å². The van der Waals surface area contributed by atoms with Gasteiger partial charge in [0.2, 0.25) is 0 Å². The Hall–Kier alpha value is -1.55. The number of rotatable bonds is 4. The van der Waals surface area contributed by atoms with Crippen LogP contribution in [0.1, 0.15) is 29.8 Å². The maximum absolute atomic E-state index is 12.0. The molecule has 4 nitrogen and oxygen atoms in total. The summed E-state index contributed by atoms with van der Waals surface area (Å²) in [5.41, 5.74) is 6.95. The zero-order chi connectivity index (χ0) is 13.1. The summed E-state index contributed by atoms with van der Waals surface area (Å²) in [7, 11) is 1.55. The molecular formula is C13H20N2O2. The Morgan fingerprint density at radius 3 is 2.65 bits per heavy atom. The van der Waals surface area contributed by atoms with E-state index in [1.807, 2.05) is 26.8 Å². The van der Waals surface area contributed by atoms with Crippen molar-refractivity contribution in [3.8, 4) is 5.75 Å². The third-order valence-electron chi connectivity index (χ3n) is 2.30. The number of carbonyl (C=O) groups excluding carboxylic acids is 1. The molecule has 0 aliphatic carbocycles. The summed E-state index contributed by atoms with van der Waals surface area (Å²) in [6, 6.07) is 5.50. The Kier molecular flexibility index (Phi) is 4.12. The number of methoxy groups -OCH3 is 1. The fourth-order valence-corrected chi connectivity index (χ4v) is 1.40. The molecule has 0 aliphatic rings. The van der Waals surface area contributed by atoms with Gasteiger partial charge in [-0.25, -0.2) is 0 Å². The third-order valence-corrected chi connectivity index (χ3v) is 2.30. The second-order valence-corrected chi connectivity index (χ2v) is 4.87. The number of aryl methyl sites for hydroxylation is 1. The lowest BCUT2D eigenvalue weighted by Crippen LogP contribution is -2.45. The Labute approximate surface area is 102 Å². The second kappa shape index (κ2) is 5.19. The Morgan fingerprint density at radius 2 is 2.12 bits per heavy atom. The van der Waals surface area contributed by atoms with E-state index >= 15 is 0 Å². The molecule has 0 heterocycles. The highest BCUT2D eigenvalue weighted by Gasteiger charge is 2.16. The molecule has 0 saturated heterocycles. The van der Waals surface area contributed by atoms with Crippen LogP contribution >= 0.6 is 0 Å². The summed E-state index contributed by atoms with van der Waals surface area (Å²) in [4.78, 5) is 12.0. The fourth-order valence-electron chi connectivity index (χ4n) is 1.40. The van der Waals surface area contributed by atoms with Gasteiger partial charge in [-0.2, -0.15) is 0 Å². The van der Waals surface area contributed by atoms with Crippen molar-refractivity contribution in [2.24, 2.45) is 5.73 Å². The van der Waals surface area contributed by atoms with Crippen LogP contribution < -0.4 is 15.8 Å². The SMILES string of the molecule is COc1ccc(C)cc1C(=O)NCC(C)(C)N. The van der Waals surface area contributed by atoms with Crippen LogP contribution in [0.5, 0.6) is 5.75 Å². The van der Waals surface area contributed by atoms with E-state index in [4.69, 9.17) is 10.5 Å². The summed E-state index contributed by atoms with van der Waals surface area (Å²) >= 11 is 0. The summed E-state index contributed by atoms with van der Waals surface area (Å²) in [5.74, 6) is 0.409. The van der Waals surface area contributed by atoms with Gasteiger partial charge >= 0.3 is 0 Å². The quantitative estimate of drug-likeness (QED) is 0.832. The highest BCUT2D eigenvalue weighted by Crippen LogP contribution is 2.19. The molecule has 1 aromatic carbocycles. The van der Waals surface area contributed by atoms with E-state index in [0.29, 0.717) is 17.9 Å². The van der Waals surface area contributed by atoms with Gasteiger partial charge in [-0.1, -0.05) is 11.6 Å². The lowest BCUT2D eigenvalue weighted by Gasteiger charge is -2.19. The minimum Gasteiger partial charge on any atom is -0.496 e. The first-order valence-electron chi connectivity index (χ1n) is 5.55. The van der Waals surface area contributed by atoms with Gasteiger partial charge in [0.05, 0.1) is 12.7 Å². The molecule has 0 aromatic heterocycles. The largest absolute Gasteiger partial charge is 0.496 e. The van der Waals surface area contributed by atoms with E-state index in [1.165, 1.54) is 0 Å². The first kappa shape index (κ1) is 13.5. The molecule has 0 spiro atoms. The first-order chi connectivity index (χ1) is 7.83. The number of hydrogen-bond acceptors (Lipinski definition) is 3. The highest BCUT2D eigenvalue weighted by molar-refractivity contribution is 5.97. The second-order valence-electron chi connectivity index (χ2n) is 4.87. The molecule has 1 rings (SSSR count). The summed E-state index contributed by atoms with van der Waals surface area (Å²) in [6.07, 6.45) is 0.